The third-order valence-corrected chi connectivity index (χ3v) is 7.23. The second kappa shape index (κ2) is 11.1. The SMILES string of the molecule is C=S(=O)(Cc1ccccc1)N(CC(N)=O)c1cc(Cl)cc(C(=O)NCc2ccc(C(=N)N)cc2)c1. The summed E-state index contributed by atoms with van der Waals surface area (Å²) in [4.78, 5) is 24.7. The van der Waals surface area contributed by atoms with Crippen molar-refractivity contribution in [2.75, 3.05) is 10.8 Å². The fraction of sp³-hybridized carbons (Fsp3) is 0.120. The molecule has 0 aromatic heterocycles. The normalized spacial score (nSPS) is 12.4. The van der Waals surface area contributed by atoms with Crippen LogP contribution >= 0.6 is 11.6 Å². The van der Waals surface area contributed by atoms with Crippen molar-refractivity contribution in [3.05, 3.63) is 100 Å². The largest absolute Gasteiger partial charge is 0.384 e. The maximum atomic E-state index is 13.6. The number of nitrogen functional groups attached to an aromatic ring is 1. The van der Waals surface area contributed by atoms with Gasteiger partial charge in [0.1, 0.15) is 12.4 Å². The molecule has 182 valence electrons. The first-order valence-electron chi connectivity index (χ1n) is 10.5. The van der Waals surface area contributed by atoms with Crippen LogP contribution in [0.4, 0.5) is 5.69 Å². The smallest absolute Gasteiger partial charge is 0.251 e. The minimum atomic E-state index is -3.03. The second-order valence-electron chi connectivity index (χ2n) is 7.90. The van der Waals surface area contributed by atoms with E-state index in [2.05, 4.69) is 11.2 Å². The summed E-state index contributed by atoms with van der Waals surface area (Å²) < 4.78 is 14.9. The van der Waals surface area contributed by atoms with Gasteiger partial charge in [0.15, 0.2) is 0 Å². The van der Waals surface area contributed by atoms with Crippen LogP contribution in [0.5, 0.6) is 0 Å². The van der Waals surface area contributed by atoms with Crippen molar-refractivity contribution in [2.45, 2.75) is 12.3 Å². The molecular formula is C25H26ClN5O3S. The van der Waals surface area contributed by atoms with Crippen molar-refractivity contribution in [1.29, 1.82) is 5.41 Å². The number of amidine groups is 1. The number of amides is 2. The van der Waals surface area contributed by atoms with Crippen LogP contribution in [0.25, 0.3) is 0 Å². The van der Waals surface area contributed by atoms with Gasteiger partial charge in [-0.1, -0.05) is 66.2 Å². The van der Waals surface area contributed by atoms with Gasteiger partial charge in [-0.3, -0.25) is 19.3 Å². The molecule has 0 bridgehead atoms. The van der Waals surface area contributed by atoms with Gasteiger partial charge in [0.25, 0.3) is 5.91 Å². The Morgan fingerprint density at radius 3 is 2.23 bits per heavy atom. The van der Waals surface area contributed by atoms with Crippen LogP contribution in [-0.4, -0.2) is 34.3 Å². The summed E-state index contributed by atoms with van der Waals surface area (Å²) in [6, 6.07) is 20.5. The van der Waals surface area contributed by atoms with Crippen molar-refractivity contribution in [3.63, 3.8) is 0 Å². The lowest BCUT2D eigenvalue weighted by atomic mass is 10.1. The quantitative estimate of drug-likeness (QED) is 0.188. The van der Waals surface area contributed by atoms with Crippen LogP contribution in [0, 0.1) is 5.41 Å². The van der Waals surface area contributed by atoms with Crippen molar-refractivity contribution < 1.29 is 13.8 Å². The Labute approximate surface area is 209 Å². The summed E-state index contributed by atoms with van der Waals surface area (Å²) in [6.45, 7) is -0.136. The zero-order valence-corrected chi connectivity index (χ0v) is 20.4. The number of nitrogens with two attached hydrogens (primary N) is 2. The minimum absolute atomic E-state index is 0.0400. The number of anilines is 1. The van der Waals surface area contributed by atoms with E-state index in [-0.39, 0.29) is 35.3 Å². The van der Waals surface area contributed by atoms with Crippen LogP contribution in [0.1, 0.15) is 27.0 Å². The lowest BCUT2D eigenvalue weighted by Gasteiger charge is -2.28. The van der Waals surface area contributed by atoms with Gasteiger partial charge in [-0.05, 0) is 35.2 Å². The molecule has 0 aliphatic rings. The first kappa shape index (κ1) is 25.8. The zero-order valence-electron chi connectivity index (χ0n) is 18.9. The summed E-state index contributed by atoms with van der Waals surface area (Å²) in [5, 5.41) is 10.5. The Balaban J connectivity index is 1.84. The molecule has 3 aromatic rings. The van der Waals surface area contributed by atoms with E-state index < -0.39 is 21.5 Å². The molecule has 6 N–H and O–H groups in total. The number of hydrogen-bond acceptors (Lipinski definition) is 4. The highest BCUT2D eigenvalue weighted by atomic mass is 35.5. The Morgan fingerprint density at radius 2 is 1.63 bits per heavy atom. The number of carbonyl (C=O) groups is 2. The van der Waals surface area contributed by atoms with Gasteiger partial charge in [-0.25, -0.2) is 4.21 Å². The van der Waals surface area contributed by atoms with Crippen molar-refractivity contribution in [3.8, 4) is 0 Å². The number of nitrogens with one attached hydrogen (secondary N) is 2. The maximum absolute atomic E-state index is 13.6. The summed E-state index contributed by atoms with van der Waals surface area (Å²) in [6.07, 6.45) is 0. The first-order chi connectivity index (χ1) is 16.5. The van der Waals surface area contributed by atoms with Gasteiger partial charge < -0.3 is 16.8 Å². The fourth-order valence-corrected chi connectivity index (χ4v) is 5.34. The average Bonchev–Trinajstić information content (AvgIpc) is 2.81. The molecule has 8 nitrogen and oxygen atoms in total. The van der Waals surface area contributed by atoms with Crippen molar-refractivity contribution in [2.24, 2.45) is 11.5 Å². The van der Waals surface area contributed by atoms with Crippen LogP contribution in [-0.2, 0) is 26.8 Å². The van der Waals surface area contributed by atoms with Crippen molar-refractivity contribution >= 4 is 50.5 Å². The molecule has 0 saturated carbocycles. The highest BCUT2D eigenvalue weighted by molar-refractivity contribution is 8.00. The Bertz CT molecular complexity index is 1340. The summed E-state index contributed by atoms with van der Waals surface area (Å²) in [5.74, 6) is 2.79. The van der Waals surface area contributed by atoms with E-state index in [0.717, 1.165) is 11.1 Å². The van der Waals surface area contributed by atoms with Gasteiger partial charge in [0.05, 0.1) is 21.1 Å². The second-order valence-corrected chi connectivity index (χ2v) is 10.6. The third kappa shape index (κ3) is 7.08. The Morgan fingerprint density at radius 1 is 0.971 bits per heavy atom. The first-order valence-corrected chi connectivity index (χ1v) is 12.8. The number of carbonyl (C=O) groups excluding carboxylic acids is 2. The zero-order chi connectivity index (χ0) is 25.6. The monoisotopic (exact) mass is 511 g/mol. The van der Waals surface area contributed by atoms with Crippen LogP contribution < -0.4 is 21.1 Å². The summed E-state index contributed by atoms with van der Waals surface area (Å²) in [7, 11) is -3.03. The van der Waals surface area contributed by atoms with E-state index in [1.807, 2.05) is 30.3 Å². The number of halogens is 1. The van der Waals surface area contributed by atoms with Crippen molar-refractivity contribution in [1.82, 2.24) is 5.32 Å². The van der Waals surface area contributed by atoms with Crippen LogP contribution in [0.15, 0.2) is 72.8 Å². The molecule has 1 atom stereocenters. The van der Waals surface area contributed by atoms with Crippen LogP contribution in [0.2, 0.25) is 5.02 Å². The molecule has 3 rings (SSSR count). The lowest BCUT2D eigenvalue weighted by molar-refractivity contribution is -0.116. The fourth-order valence-electron chi connectivity index (χ4n) is 3.39. The molecule has 0 fully saturated rings. The molecule has 0 aliphatic heterocycles. The predicted molar refractivity (Wildman–Crippen MR) is 142 cm³/mol. The van der Waals surface area contributed by atoms with Gasteiger partial charge in [-0.15, -0.1) is 0 Å². The molecule has 1 unspecified atom stereocenters. The summed E-state index contributed by atoms with van der Waals surface area (Å²) in [5.41, 5.74) is 13.6. The lowest BCUT2D eigenvalue weighted by Crippen LogP contribution is -2.39. The van der Waals surface area contributed by atoms with Gasteiger partial charge in [0, 0.05) is 22.7 Å². The van der Waals surface area contributed by atoms with E-state index in [0.29, 0.717) is 11.3 Å². The van der Waals surface area contributed by atoms with Gasteiger partial charge >= 0.3 is 0 Å². The minimum Gasteiger partial charge on any atom is -0.384 e. The average molecular weight is 512 g/mol. The van der Waals surface area contributed by atoms with E-state index in [1.54, 1.807) is 24.3 Å². The number of nitrogens with zero attached hydrogens (tertiary/aromatic N) is 1. The highest BCUT2D eigenvalue weighted by Crippen LogP contribution is 2.26. The molecule has 35 heavy (non-hydrogen) atoms. The maximum Gasteiger partial charge on any atom is 0.251 e. The molecule has 3 aromatic carbocycles. The molecule has 0 aliphatic carbocycles. The number of benzene rings is 3. The molecular weight excluding hydrogens is 486 g/mol. The number of hydrogen-bond donors (Lipinski definition) is 4. The Hall–Kier alpha value is -3.82. The molecule has 0 saturated heterocycles. The molecule has 2 amide bonds. The molecule has 0 radical (unpaired) electrons. The van der Waals surface area contributed by atoms with E-state index >= 15 is 0 Å². The standard InChI is InChI=1S/C25H26ClN5O3S/c1-35(34,16-18-5-3-2-4-6-18)31(15-23(27)32)22-12-20(11-21(26)13-22)25(33)30-14-17-7-9-19(10-8-17)24(28)29/h2-13H,1,14-16H2,(H2,27,32)(H3,28,29)(H,30,33). The molecule has 0 heterocycles. The molecule has 0 spiro atoms. The predicted octanol–water partition coefficient (Wildman–Crippen LogP) is 2.68. The highest BCUT2D eigenvalue weighted by Gasteiger charge is 2.22. The Kier molecular flexibility index (Phi) is 8.16. The molecule has 10 heteroatoms. The van der Waals surface area contributed by atoms with E-state index in [9.17, 15) is 13.8 Å². The van der Waals surface area contributed by atoms with E-state index in [4.69, 9.17) is 28.5 Å². The topological polar surface area (TPSA) is 142 Å². The number of rotatable bonds is 10. The number of primary amides is 1. The van der Waals surface area contributed by atoms with Gasteiger partial charge in [-0.2, -0.15) is 0 Å². The summed E-state index contributed by atoms with van der Waals surface area (Å²) >= 11 is 6.28. The van der Waals surface area contributed by atoms with Gasteiger partial charge in [0.2, 0.25) is 5.91 Å². The third-order valence-electron chi connectivity index (χ3n) is 5.09. The van der Waals surface area contributed by atoms with E-state index in [1.165, 1.54) is 22.5 Å². The van der Waals surface area contributed by atoms with Crippen LogP contribution in [0.3, 0.4) is 0 Å².